The summed E-state index contributed by atoms with van der Waals surface area (Å²) in [5, 5.41) is 18.8. The highest BCUT2D eigenvalue weighted by Gasteiger charge is 2.16. The van der Waals surface area contributed by atoms with E-state index < -0.39 is 5.97 Å². The van der Waals surface area contributed by atoms with E-state index in [1.54, 1.807) is 18.2 Å². The van der Waals surface area contributed by atoms with Gasteiger partial charge in [0, 0.05) is 11.5 Å². The fraction of sp³-hybridized carbons (Fsp3) is 0.100. The van der Waals surface area contributed by atoms with Crippen molar-refractivity contribution in [3.63, 3.8) is 0 Å². The molecular formula is C10H9NO4. The Morgan fingerprint density at radius 2 is 2.20 bits per heavy atom. The molecule has 3 N–H and O–H groups in total. The zero-order valence-corrected chi connectivity index (χ0v) is 7.94. The minimum atomic E-state index is -1.19. The summed E-state index contributed by atoms with van der Waals surface area (Å²) in [4.78, 5) is 13.3. The predicted octanol–water partition coefficient (Wildman–Crippen LogP) is 1.58. The summed E-state index contributed by atoms with van der Waals surface area (Å²) >= 11 is 0. The molecule has 0 radical (unpaired) electrons. The summed E-state index contributed by atoms with van der Waals surface area (Å²) in [5.74, 6) is -0.844. The van der Waals surface area contributed by atoms with Crippen LogP contribution in [0.1, 0.15) is 10.5 Å². The summed E-state index contributed by atoms with van der Waals surface area (Å²) < 4.78 is 4.98. The Kier molecular flexibility index (Phi) is 2.00. The zero-order valence-electron chi connectivity index (χ0n) is 7.94. The van der Waals surface area contributed by atoms with Crippen LogP contribution in [0.2, 0.25) is 0 Å². The number of aromatic amines is 1. The minimum Gasteiger partial charge on any atom is -0.505 e. The molecule has 1 aromatic carbocycles. The molecule has 2 rings (SSSR count). The van der Waals surface area contributed by atoms with Gasteiger partial charge in [-0.2, -0.15) is 0 Å². The van der Waals surface area contributed by atoms with Crippen LogP contribution in [-0.4, -0.2) is 28.3 Å². The number of benzene rings is 1. The molecule has 78 valence electrons. The van der Waals surface area contributed by atoms with Gasteiger partial charge in [0.25, 0.3) is 0 Å². The number of fused-ring (bicyclic) bond motifs is 1. The lowest BCUT2D eigenvalue weighted by molar-refractivity contribution is 0.0688. The second-order valence-corrected chi connectivity index (χ2v) is 3.07. The Labute approximate surface area is 84.9 Å². The van der Waals surface area contributed by atoms with E-state index in [4.69, 9.17) is 9.84 Å². The van der Waals surface area contributed by atoms with Gasteiger partial charge in [-0.25, -0.2) is 4.79 Å². The standard InChI is InChI=1S/C10H9NO4/c1-15-5-2-3-6-7(4-5)11-8(9(6)12)10(13)14/h2-4,11-12H,1H3,(H,13,14). The molecule has 15 heavy (non-hydrogen) atoms. The van der Waals surface area contributed by atoms with E-state index in [-0.39, 0.29) is 11.4 Å². The number of carboxylic acid groups (broad SMARTS) is 1. The zero-order chi connectivity index (χ0) is 11.0. The number of nitrogens with one attached hydrogen (secondary N) is 1. The maximum atomic E-state index is 10.7. The Hall–Kier alpha value is -2.17. The van der Waals surface area contributed by atoms with Crippen molar-refractivity contribution in [3.05, 3.63) is 23.9 Å². The highest BCUT2D eigenvalue weighted by Crippen LogP contribution is 2.31. The topological polar surface area (TPSA) is 82.6 Å². The SMILES string of the molecule is COc1ccc2c(O)c(C(=O)O)[nH]c2c1. The van der Waals surface area contributed by atoms with Gasteiger partial charge in [-0.05, 0) is 12.1 Å². The van der Waals surface area contributed by atoms with Crippen LogP contribution in [0.25, 0.3) is 10.9 Å². The second-order valence-electron chi connectivity index (χ2n) is 3.07. The minimum absolute atomic E-state index is 0.210. The third-order valence-electron chi connectivity index (χ3n) is 2.19. The number of H-pyrrole nitrogens is 1. The number of aromatic hydroxyl groups is 1. The Morgan fingerprint density at radius 3 is 2.80 bits per heavy atom. The van der Waals surface area contributed by atoms with Crippen molar-refractivity contribution in [2.24, 2.45) is 0 Å². The molecule has 0 fully saturated rings. The van der Waals surface area contributed by atoms with Crippen LogP contribution in [0.15, 0.2) is 18.2 Å². The Bertz CT molecular complexity index is 529. The first-order chi connectivity index (χ1) is 7.13. The highest BCUT2D eigenvalue weighted by atomic mass is 16.5. The fourth-order valence-electron chi connectivity index (χ4n) is 1.44. The average Bonchev–Trinajstić information content (AvgIpc) is 2.55. The molecule has 0 bridgehead atoms. The number of hydrogen-bond acceptors (Lipinski definition) is 3. The summed E-state index contributed by atoms with van der Waals surface area (Å²) in [6.45, 7) is 0. The van der Waals surface area contributed by atoms with Gasteiger partial charge < -0.3 is 19.9 Å². The first kappa shape index (κ1) is 9.39. The quantitative estimate of drug-likeness (QED) is 0.698. The lowest BCUT2D eigenvalue weighted by atomic mass is 10.2. The molecule has 0 atom stereocenters. The molecule has 0 spiro atoms. The Balaban J connectivity index is 2.70. The molecule has 1 aromatic heterocycles. The molecule has 1 heterocycles. The first-order valence-electron chi connectivity index (χ1n) is 4.25. The maximum Gasteiger partial charge on any atom is 0.356 e. The number of aromatic nitrogens is 1. The van der Waals surface area contributed by atoms with Gasteiger partial charge in [-0.1, -0.05) is 0 Å². The van der Waals surface area contributed by atoms with Crippen molar-refractivity contribution in [1.82, 2.24) is 4.98 Å². The van der Waals surface area contributed by atoms with E-state index in [1.165, 1.54) is 7.11 Å². The largest absolute Gasteiger partial charge is 0.505 e. The molecule has 0 saturated carbocycles. The van der Waals surface area contributed by atoms with Crippen molar-refractivity contribution < 1.29 is 19.7 Å². The van der Waals surface area contributed by atoms with E-state index in [0.717, 1.165) is 0 Å². The van der Waals surface area contributed by atoms with E-state index in [9.17, 15) is 9.90 Å². The van der Waals surface area contributed by atoms with Crippen LogP contribution in [-0.2, 0) is 0 Å². The molecule has 0 aliphatic rings. The van der Waals surface area contributed by atoms with Gasteiger partial charge in [0.1, 0.15) is 5.75 Å². The molecule has 0 unspecified atom stereocenters. The fourth-order valence-corrected chi connectivity index (χ4v) is 1.44. The first-order valence-corrected chi connectivity index (χ1v) is 4.25. The smallest absolute Gasteiger partial charge is 0.356 e. The number of carboxylic acids is 1. The van der Waals surface area contributed by atoms with Crippen LogP contribution in [0.5, 0.6) is 11.5 Å². The van der Waals surface area contributed by atoms with E-state index in [1.807, 2.05) is 0 Å². The summed E-state index contributed by atoms with van der Waals surface area (Å²) in [6.07, 6.45) is 0. The molecule has 0 aliphatic heterocycles. The normalized spacial score (nSPS) is 10.5. The van der Waals surface area contributed by atoms with E-state index >= 15 is 0 Å². The van der Waals surface area contributed by atoms with E-state index in [2.05, 4.69) is 4.98 Å². The summed E-state index contributed by atoms with van der Waals surface area (Å²) in [7, 11) is 1.52. The molecular weight excluding hydrogens is 198 g/mol. The summed E-state index contributed by atoms with van der Waals surface area (Å²) in [6, 6.07) is 4.88. The maximum absolute atomic E-state index is 10.7. The molecule has 5 heteroatoms. The third-order valence-corrected chi connectivity index (χ3v) is 2.19. The molecule has 0 saturated heterocycles. The third kappa shape index (κ3) is 1.38. The number of rotatable bonds is 2. The van der Waals surface area contributed by atoms with Crippen molar-refractivity contribution in [3.8, 4) is 11.5 Å². The van der Waals surface area contributed by atoms with Gasteiger partial charge in [0.05, 0.1) is 12.6 Å². The van der Waals surface area contributed by atoms with Gasteiger partial charge in [0.2, 0.25) is 0 Å². The van der Waals surface area contributed by atoms with Crippen LogP contribution in [0.4, 0.5) is 0 Å². The van der Waals surface area contributed by atoms with Crippen molar-refractivity contribution in [2.45, 2.75) is 0 Å². The highest BCUT2D eigenvalue weighted by molar-refractivity contribution is 6.00. The average molecular weight is 207 g/mol. The van der Waals surface area contributed by atoms with Crippen molar-refractivity contribution >= 4 is 16.9 Å². The van der Waals surface area contributed by atoms with Crippen LogP contribution >= 0.6 is 0 Å². The lowest BCUT2D eigenvalue weighted by Gasteiger charge is -1.97. The molecule has 0 amide bonds. The number of aromatic carboxylic acids is 1. The Morgan fingerprint density at radius 1 is 1.47 bits per heavy atom. The van der Waals surface area contributed by atoms with Crippen molar-refractivity contribution in [1.29, 1.82) is 0 Å². The number of ether oxygens (including phenoxy) is 1. The molecule has 2 aromatic rings. The van der Waals surface area contributed by atoms with Gasteiger partial charge in [0.15, 0.2) is 11.4 Å². The van der Waals surface area contributed by atoms with E-state index in [0.29, 0.717) is 16.7 Å². The van der Waals surface area contributed by atoms with Crippen LogP contribution in [0.3, 0.4) is 0 Å². The monoisotopic (exact) mass is 207 g/mol. The summed E-state index contributed by atoms with van der Waals surface area (Å²) in [5.41, 5.74) is 0.322. The van der Waals surface area contributed by atoms with Gasteiger partial charge in [-0.3, -0.25) is 0 Å². The molecule has 0 aliphatic carbocycles. The predicted molar refractivity (Wildman–Crippen MR) is 53.5 cm³/mol. The van der Waals surface area contributed by atoms with Crippen molar-refractivity contribution in [2.75, 3.05) is 7.11 Å². The lowest BCUT2D eigenvalue weighted by Crippen LogP contribution is -1.95. The van der Waals surface area contributed by atoms with Crippen LogP contribution < -0.4 is 4.74 Å². The van der Waals surface area contributed by atoms with Gasteiger partial charge >= 0.3 is 5.97 Å². The second kappa shape index (κ2) is 3.20. The van der Waals surface area contributed by atoms with Gasteiger partial charge in [-0.15, -0.1) is 0 Å². The number of carbonyl (C=O) groups is 1. The molecule has 5 nitrogen and oxygen atoms in total. The number of hydrogen-bond donors (Lipinski definition) is 3. The van der Waals surface area contributed by atoms with Crippen LogP contribution in [0, 0.1) is 0 Å². The number of methoxy groups -OCH3 is 1.